The third-order valence-corrected chi connectivity index (χ3v) is 5.15. The number of aryl methyl sites for hydroxylation is 1. The Hall–Kier alpha value is -3.33. The minimum absolute atomic E-state index is 0.127. The molecule has 1 amide bonds. The Kier molecular flexibility index (Phi) is 9.08. The van der Waals surface area contributed by atoms with Gasteiger partial charge >= 0.3 is 5.97 Å². The Bertz CT molecular complexity index is 968. The van der Waals surface area contributed by atoms with E-state index in [-0.39, 0.29) is 11.6 Å². The van der Waals surface area contributed by atoms with Gasteiger partial charge in [0.2, 0.25) is 0 Å². The first-order chi connectivity index (χ1) is 14.9. The van der Waals surface area contributed by atoms with Crippen LogP contribution in [-0.4, -0.2) is 23.1 Å². The van der Waals surface area contributed by atoms with Gasteiger partial charge in [0, 0.05) is 17.9 Å². The van der Waals surface area contributed by atoms with Crippen LogP contribution in [0.3, 0.4) is 0 Å². The minimum Gasteiger partial charge on any atom is -0.451 e. The van der Waals surface area contributed by atoms with Crippen molar-refractivity contribution in [2.45, 2.75) is 59.5 Å². The van der Waals surface area contributed by atoms with E-state index in [1.54, 1.807) is 0 Å². The van der Waals surface area contributed by atoms with Crippen molar-refractivity contribution in [3.8, 4) is 6.07 Å². The number of benzene rings is 1. The summed E-state index contributed by atoms with van der Waals surface area (Å²) in [5.74, 6) is -1.20. The highest BCUT2D eigenvalue weighted by atomic mass is 16.5. The van der Waals surface area contributed by atoms with Crippen molar-refractivity contribution in [2.24, 2.45) is 0 Å². The van der Waals surface area contributed by atoms with E-state index >= 15 is 0 Å². The molecule has 0 aliphatic rings. The minimum atomic E-state index is -0.801. The van der Waals surface area contributed by atoms with Crippen LogP contribution in [0.1, 0.15) is 61.7 Å². The number of carbonyl (C=O) groups excluding carboxylic acids is 2. The molecule has 1 aromatic heterocycles. The van der Waals surface area contributed by atoms with Crippen LogP contribution in [0, 0.1) is 25.2 Å². The number of carbonyl (C=O) groups is 2. The first-order valence-corrected chi connectivity index (χ1v) is 10.7. The third-order valence-electron chi connectivity index (χ3n) is 5.15. The summed E-state index contributed by atoms with van der Waals surface area (Å²) in [6.07, 6.45) is 4.19. The predicted octanol–water partition coefficient (Wildman–Crippen LogP) is 4.62. The highest BCUT2D eigenvalue weighted by Crippen LogP contribution is 2.20. The number of amides is 1. The summed E-state index contributed by atoms with van der Waals surface area (Å²) in [5, 5.41) is 12.3. The Labute approximate surface area is 184 Å². The van der Waals surface area contributed by atoms with Crippen molar-refractivity contribution in [3.05, 3.63) is 64.5 Å². The van der Waals surface area contributed by atoms with Crippen molar-refractivity contribution in [2.75, 3.05) is 6.61 Å². The molecule has 1 N–H and O–H groups in total. The number of nitrogens with one attached hydrogen (secondary N) is 1. The van der Waals surface area contributed by atoms with Gasteiger partial charge in [0.15, 0.2) is 6.61 Å². The summed E-state index contributed by atoms with van der Waals surface area (Å²) in [6.45, 7) is 8.54. The number of nitrogens with zero attached hydrogens (tertiary/aromatic N) is 2. The highest BCUT2D eigenvalue weighted by molar-refractivity contribution is 5.99. The maximum absolute atomic E-state index is 12.4. The molecule has 0 bridgehead atoms. The fourth-order valence-electron chi connectivity index (χ4n) is 3.57. The fourth-order valence-corrected chi connectivity index (χ4v) is 3.57. The third kappa shape index (κ3) is 6.58. The SMILES string of the molecule is CCC[C@H](NC(=O)COC(=O)/C(C#N)=C/c1cc(C)n(CCC)c1C)c1ccccc1. The van der Waals surface area contributed by atoms with Gasteiger partial charge in [-0.25, -0.2) is 4.79 Å². The van der Waals surface area contributed by atoms with Gasteiger partial charge in [-0.05, 0) is 50.0 Å². The quantitative estimate of drug-likeness (QED) is 0.345. The topological polar surface area (TPSA) is 84.1 Å². The molecule has 0 unspecified atom stereocenters. The van der Waals surface area contributed by atoms with Gasteiger partial charge in [-0.2, -0.15) is 5.26 Å². The van der Waals surface area contributed by atoms with Crippen molar-refractivity contribution in [1.82, 2.24) is 9.88 Å². The zero-order chi connectivity index (χ0) is 22.8. The number of nitriles is 1. The van der Waals surface area contributed by atoms with Crippen LogP contribution in [0.5, 0.6) is 0 Å². The highest BCUT2D eigenvalue weighted by Gasteiger charge is 2.18. The normalized spacial score (nSPS) is 12.2. The van der Waals surface area contributed by atoms with E-state index in [1.165, 1.54) is 6.08 Å². The Morgan fingerprint density at radius 2 is 1.90 bits per heavy atom. The lowest BCUT2D eigenvalue weighted by atomic mass is 10.0. The molecule has 2 rings (SSSR count). The molecular weight excluding hydrogens is 390 g/mol. The summed E-state index contributed by atoms with van der Waals surface area (Å²) in [7, 11) is 0. The summed E-state index contributed by atoms with van der Waals surface area (Å²) in [4.78, 5) is 24.7. The largest absolute Gasteiger partial charge is 0.451 e. The van der Waals surface area contributed by atoms with Gasteiger partial charge in [-0.3, -0.25) is 4.79 Å². The van der Waals surface area contributed by atoms with E-state index in [0.29, 0.717) is 0 Å². The summed E-state index contributed by atoms with van der Waals surface area (Å²) >= 11 is 0. The van der Waals surface area contributed by atoms with Crippen molar-refractivity contribution < 1.29 is 14.3 Å². The first-order valence-electron chi connectivity index (χ1n) is 10.7. The maximum atomic E-state index is 12.4. The lowest BCUT2D eigenvalue weighted by molar-refractivity contribution is -0.144. The van der Waals surface area contributed by atoms with Crippen LogP contribution in [-0.2, 0) is 20.9 Å². The number of ether oxygens (including phenoxy) is 1. The molecule has 0 fully saturated rings. The van der Waals surface area contributed by atoms with Crippen molar-refractivity contribution in [1.29, 1.82) is 5.26 Å². The molecule has 0 radical (unpaired) electrons. The van der Waals surface area contributed by atoms with Crippen LogP contribution >= 0.6 is 0 Å². The van der Waals surface area contributed by atoms with Gasteiger partial charge < -0.3 is 14.6 Å². The van der Waals surface area contributed by atoms with E-state index in [2.05, 4.69) is 16.8 Å². The molecule has 0 saturated carbocycles. The number of aromatic nitrogens is 1. The number of esters is 1. The van der Waals surface area contributed by atoms with Crippen LogP contribution in [0.15, 0.2) is 42.0 Å². The second-order valence-corrected chi connectivity index (χ2v) is 7.54. The fraction of sp³-hybridized carbons (Fsp3) is 0.400. The second-order valence-electron chi connectivity index (χ2n) is 7.54. The molecule has 6 heteroatoms. The van der Waals surface area contributed by atoms with Gasteiger partial charge in [-0.1, -0.05) is 50.6 Å². The Morgan fingerprint density at radius 3 is 2.52 bits per heavy atom. The standard InChI is InChI=1S/C25H31N3O3/c1-5-10-23(20-11-8-7-9-12-20)27-24(29)17-31-25(30)22(16-26)15-21-14-18(3)28(13-6-2)19(21)4/h7-9,11-12,14-15,23H,5-6,10,13,17H2,1-4H3,(H,27,29)/b22-15+/t23-/m0/s1. The van der Waals surface area contributed by atoms with Crippen LogP contribution in [0.25, 0.3) is 6.08 Å². The molecule has 1 heterocycles. The molecule has 2 aromatic rings. The summed E-state index contributed by atoms with van der Waals surface area (Å²) in [6, 6.07) is 13.4. The molecule has 0 aliphatic carbocycles. The molecule has 1 aromatic carbocycles. The zero-order valence-corrected chi connectivity index (χ0v) is 18.8. The van der Waals surface area contributed by atoms with Crippen LogP contribution in [0.4, 0.5) is 0 Å². The Morgan fingerprint density at radius 1 is 1.19 bits per heavy atom. The molecule has 164 valence electrons. The van der Waals surface area contributed by atoms with Crippen molar-refractivity contribution in [3.63, 3.8) is 0 Å². The van der Waals surface area contributed by atoms with Crippen LogP contribution in [0.2, 0.25) is 0 Å². The van der Waals surface area contributed by atoms with Gasteiger partial charge in [0.25, 0.3) is 5.91 Å². The molecule has 0 spiro atoms. The van der Waals surface area contributed by atoms with Crippen LogP contribution < -0.4 is 5.32 Å². The maximum Gasteiger partial charge on any atom is 0.349 e. The van der Waals surface area contributed by atoms with E-state index in [9.17, 15) is 14.9 Å². The van der Waals surface area contributed by atoms with Crippen molar-refractivity contribution >= 4 is 18.0 Å². The number of hydrogen-bond acceptors (Lipinski definition) is 4. The smallest absolute Gasteiger partial charge is 0.349 e. The predicted molar refractivity (Wildman–Crippen MR) is 121 cm³/mol. The Balaban J connectivity index is 2.03. The van der Waals surface area contributed by atoms with Gasteiger partial charge in [0.1, 0.15) is 11.6 Å². The van der Waals surface area contributed by atoms with E-state index in [0.717, 1.165) is 48.3 Å². The van der Waals surface area contributed by atoms with Gasteiger partial charge in [0.05, 0.1) is 6.04 Å². The number of hydrogen-bond donors (Lipinski definition) is 1. The second kappa shape index (κ2) is 11.8. The molecule has 31 heavy (non-hydrogen) atoms. The average Bonchev–Trinajstić information content (AvgIpc) is 3.03. The first kappa shape index (κ1) is 23.9. The lowest BCUT2D eigenvalue weighted by Gasteiger charge is -2.18. The zero-order valence-electron chi connectivity index (χ0n) is 18.8. The molecule has 6 nitrogen and oxygen atoms in total. The monoisotopic (exact) mass is 421 g/mol. The van der Waals surface area contributed by atoms with Gasteiger partial charge in [-0.15, -0.1) is 0 Å². The van der Waals surface area contributed by atoms with E-state index in [1.807, 2.05) is 63.2 Å². The molecule has 0 saturated heterocycles. The number of rotatable bonds is 10. The summed E-state index contributed by atoms with van der Waals surface area (Å²) < 4.78 is 7.27. The summed E-state index contributed by atoms with van der Waals surface area (Å²) in [5.41, 5.74) is 3.74. The molecular formula is C25H31N3O3. The van der Waals surface area contributed by atoms with E-state index in [4.69, 9.17) is 4.74 Å². The molecule has 1 atom stereocenters. The average molecular weight is 422 g/mol. The lowest BCUT2D eigenvalue weighted by Crippen LogP contribution is -2.32. The van der Waals surface area contributed by atoms with E-state index < -0.39 is 18.5 Å². The molecule has 0 aliphatic heterocycles.